The zero-order valence-electron chi connectivity index (χ0n) is 48.7. The molecule has 1 atom stereocenters. The molecule has 0 saturated heterocycles. The summed E-state index contributed by atoms with van der Waals surface area (Å²) in [7, 11) is 0. The number of ether oxygens (including phenoxy) is 3. The second-order valence-electron chi connectivity index (χ2n) is 22.0. The fourth-order valence-corrected chi connectivity index (χ4v) is 9.79. The van der Waals surface area contributed by atoms with E-state index in [9.17, 15) is 14.4 Å². The lowest BCUT2D eigenvalue weighted by Gasteiger charge is -2.18. The minimum atomic E-state index is -0.772. The first-order valence-electron chi connectivity index (χ1n) is 32.3. The van der Waals surface area contributed by atoms with Gasteiger partial charge in [0.25, 0.3) is 0 Å². The first-order valence-corrected chi connectivity index (χ1v) is 32.3. The summed E-state index contributed by atoms with van der Waals surface area (Å²) in [6.07, 6.45) is 73.2. The molecule has 0 rings (SSSR count). The van der Waals surface area contributed by atoms with Gasteiger partial charge in [-0.25, -0.2) is 0 Å². The molecule has 0 aromatic heterocycles. The lowest BCUT2D eigenvalue weighted by Crippen LogP contribution is -2.30. The van der Waals surface area contributed by atoms with E-state index in [1.807, 2.05) is 0 Å². The van der Waals surface area contributed by atoms with Crippen LogP contribution in [0, 0.1) is 0 Å². The van der Waals surface area contributed by atoms with Gasteiger partial charge in [0.2, 0.25) is 0 Å². The number of carbonyl (C=O) groups excluding carboxylic acids is 3. The highest BCUT2D eigenvalue weighted by Gasteiger charge is 2.19. The van der Waals surface area contributed by atoms with Crippen LogP contribution in [0.2, 0.25) is 0 Å². The summed E-state index contributed by atoms with van der Waals surface area (Å²) in [5.41, 5.74) is 0. The lowest BCUT2D eigenvalue weighted by atomic mass is 10.0. The van der Waals surface area contributed by atoms with E-state index < -0.39 is 6.10 Å². The molecule has 0 amide bonds. The van der Waals surface area contributed by atoms with Gasteiger partial charge in [0.1, 0.15) is 13.2 Å². The van der Waals surface area contributed by atoms with Crippen molar-refractivity contribution in [3.05, 3.63) is 24.3 Å². The van der Waals surface area contributed by atoms with Crippen molar-refractivity contribution >= 4 is 17.9 Å². The van der Waals surface area contributed by atoms with E-state index in [0.717, 1.165) is 57.8 Å². The monoisotopic (exact) mass is 1010 g/mol. The first kappa shape index (κ1) is 69.9. The summed E-state index contributed by atoms with van der Waals surface area (Å²) in [5, 5.41) is 0. The Labute approximate surface area is 449 Å². The van der Waals surface area contributed by atoms with E-state index in [2.05, 4.69) is 45.1 Å². The minimum Gasteiger partial charge on any atom is -0.462 e. The van der Waals surface area contributed by atoms with Crippen LogP contribution in [0.5, 0.6) is 0 Å². The highest BCUT2D eigenvalue weighted by Crippen LogP contribution is 2.17. The van der Waals surface area contributed by atoms with Crippen molar-refractivity contribution in [3.8, 4) is 0 Å². The Morgan fingerprint density at radius 2 is 0.458 bits per heavy atom. The van der Waals surface area contributed by atoms with Gasteiger partial charge >= 0.3 is 17.9 Å². The molecule has 0 aromatic rings. The maximum Gasteiger partial charge on any atom is 0.306 e. The normalized spacial score (nSPS) is 12.1. The molecule has 0 radical (unpaired) electrons. The van der Waals surface area contributed by atoms with Crippen LogP contribution < -0.4 is 0 Å². The zero-order chi connectivity index (χ0) is 52.2. The van der Waals surface area contributed by atoms with Gasteiger partial charge in [0.05, 0.1) is 0 Å². The lowest BCUT2D eigenvalue weighted by molar-refractivity contribution is -0.167. The number of hydrogen-bond donors (Lipinski definition) is 0. The molecule has 424 valence electrons. The predicted octanol–water partition coefficient (Wildman–Crippen LogP) is 21.8. The van der Waals surface area contributed by atoms with E-state index in [1.165, 1.54) is 263 Å². The maximum atomic E-state index is 12.9. The summed E-state index contributed by atoms with van der Waals surface area (Å²) in [4.78, 5) is 38.3. The van der Waals surface area contributed by atoms with Crippen molar-refractivity contribution in [1.29, 1.82) is 0 Å². The van der Waals surface area contributed by atoms with Crippen LogP contribution in [0.1, 0.15) is 361 Å². The predicted molar refractivity (Wildman–Crippen MR) is 312 cm³/mol. The van der Waals surface area contributed by atoms with E-state index in [-0.39, 0.29) is 31.1 Å². The summed E-state index contributed by atoms with van der Waals surface area (Å²) in [5.74, 6) is -0.848. The van der Waals surface area contributed by atoms with Crippen molar-refractivity contribution in [2.75, 3.05) is 13.2 Å². The molecule has 0 fully saturated rings. The van der Waals surface area contributed by atoms with Gasteiger partial charge in [-0.1, -0.05) is 295 Å². The molecule has 0 aromatic carbocycles. The molecular formula is C66H124O6. The Hall–Kier alpha value is -2.11. The van der Waals surface area contributed by atoms with Crippen LogP contribution in [0.15, 0.2) is 24.3 Å². The Morgan fingerprint density at radius 3 is 0.694 bits per heavy atom. The van der Waals surface area contributed by atoms with Crippen molar-refractivity contribution in [2.24, 2.45) is 0 Å². The standard InChI is InChI=1S/C66H124O6/c1-4-7-10-13-16-19-22-25-28-31-32-33-34-36-38-41-44-47-50-53-56-59-65(68)71-62-63(61-70-64(67)58-55-52-49-46-43-40-37-30-27-24-21-18-15-12-9-6-3)72-66(69)60-57-54-51-48-45-42-39-35-29-26-23-20-17-14-11-8-5-2/h26,29,31-32,63H,4-25,27-28,30,33-62H2,1-3H3/b29-26-,32-31-. The number of hydrogen-bond acceptors (Lipinski definition) is 6. The van der Waals surface area contributed by atoms with Gasteiger partial charge in [-0.2, -0.15) is 0 Å². The molecule has 1 unspecified atom stereocenters. The van der Waals surface area contributed by atoms with E-state index in [4.69, 9.17) is 14.2 Å². The van der Waals surface area contributed by atoms with Gasteiger partial charge in [0.15, 0.2) is 6.10 Å². The topological polar surface area (TPSA) is 78.9 Å². The molecule has 0 bridgehead atoms. The van der Waals surface area contributed by atoms with Crippen LogP contribution in [0.3, 0.4) is 0 Å². The second-order valence-corrected chi connectivity index (χ2v) is 22.0. The highest BCUT2D eigenvalue weighted by atomic mass is 16.6. The molecule has 6 heteroatoms. The number of esters is 3. The molecule has 0 heterocycles. The van der Waals surface area contributed by atoms with Gasteiger partial charge in [-0.3, -0.25) is 14.4 Å². The molecule has 72 heavy (non-hydrogen) atoms. The summed E-state index contributed by atoms with van der Waals surface area (Å²) < 4.78 is 17.0. The van der Waals surface area contributed by atoms with Crippen LogP contribution in [0.4, 0.5) is 0 Å². The van der Waals surface area contributed by atoms with Crippen molar-refractivity contribution < 1.29 is 28.6 Å². The molecule has 0 aliphatic rings. The Bertz CT molecular complexity index is 1160. The summed E-state index contributed by atoms with van der Waals surface area (Å²) in [6, 6.07) is 0. The minimum absolute atomic E-state index is 0.0684. The SMILES string of the molecule is CCCCCCCC/C=C\CCCCCCCCCC(=O)OC(COC(=O)CCCCCCCCCCC/C=C\CCCCCCCCCC)COC(=O)CCCCCCCCCCCCCCCCCC. The molecule has 6 nitrogen and oxygen atoms in total. The van der Waals surface area contributed by atoms with Gasteiger partial charge < -0.3 is 14.2 Å². The number of carbonyl (C=O) groups is 3. The Morgan fingerprint density at radius 1 is 0.264 bits per heavy atom. The van der Waals surface area contributed by atoms with Crippen LogP contribution in [0.25, 0.3) is 0 Å². The third-order valence-electron chi connectivity index (χ3n) is 14.7. The summed E-state index contributed by atoms with van der Waals surface area (Å²) >= 11 is 0. The van der Waals surface area contributed by atoms with Gasteiger partial charge in [-0.15, -0.1) is 0 Å². The second kappa shape index (κ2) is 61.4. The van der Waals surface area contributed by atoms with Crippen LogP contribution in [-0.4, -0.2) is 37.2 Å². The molecule has 0 N–H and O–H groups in total. The molecular weight excluding hydrogens is 889 g/mol. The highest BCUT2D eigenvalue weighted by molar-refractivity contribution is 5.71. The van der Waals surface area contributed by atoms with E-state index in [0.29, 0.717) is 19.3 Å². The quantitative estimate of drug-likeness (QED) is 0.0261. The van der Waals surface area contributed by atoms with Crippen molar-refractivity contribution in [2.45, 2.75) is 367 Å². The van der Waals surface area contributed by atoms with Gasteiger partial charge in [0, 0.05) is 19.3 Å². The fraction of sp³-hybridized carbons (Fsp3) is 0.894. The Kier molecular flexibility index (Phi) is 59.6. The largest absolute Gasteiger partial charge is 0.462 e. The maximum absolute atomic E-state index is 12.9. The van der Waals surface area contributed by atoms with Crippen LogP contribution >= 0.6 is 0 Å². The first-order chi connectivity index (χ1) is 35.5. The molecule has 0 spiro atoms. The van der Waals surface area contributed by atoms with E-state index >= 15 is 0 Å². The molecule has 0 aliphatic carbocycles. The van der Waals surface area contributed by atoms with Gasteiger partial charge in [-0.05, 0) is 70.6 Å². The zero-order valence-corrected chi connectivity index (χ0v) is 48.7. The van der Waals surface area contributed by atoms with E-state index in [1.54, 1.807) is 0 Å². The molecule has 0 saturated carbocycles. The smallest absolute Gasteiger partial charge is 0.306 e. The fourth-order valence-electron chi connectivity index (χ4n) is 9.79. The average molecular weight is 1010 g/mol. The average Bonchev–Trinajstić information content (AvgIpc) is 3.38. The summed E-state index contributed by atoms with van der Waals surface area (Å²) in [6.45, 7) is 6.70. The molecule has 0 aliphatic heterocycles. The number of allylic oxidation sites excluding steroid dienone is 4. The number of unbranched alkanes of at least 4 members (excludes halogenated alkanes) is 45. The third kappa shape index (κ3) is 58.8. The van der Waals surface area contributed by atoms with Crippen molar-refractivity contribution in [1.82, 2.24) is 0 Å². The van der Waals surface area contributed by atoms with Crippen LogP contribution in [-0.2, 0) is 28.6 Å². The number of rotatable bonds is 60. The Balaban J connectivity index is 4.31. The third-order valence-corrected chi connectivity index (χ3v) is 14.7. The van der Waals surface area contributed by atoms with Crippen molar-refractivity contribution in [3.63, 3.8) is 0 Å².